The molecule has 1 atom stereocenters. The summed E-state index contributed by atoms with van der Waals surface area (Å²) in [7, 11) is 0. The summed E-state index contributed by atoms with van der Waals surface area (Å²) >= 11 is 0. The Morgan fingerprint density at radius 2 is 2.07 bits per heavy atom. The average Bonchev–Trinajstić information content (AvgIpc) is 2.66. The van der Waals surface area contributed by atoms with Gasteiger partial charge in [0.25, 0.3) is 0 Å². The summed E-state index contributed by atoms with van der Waals surface area (Å²) in [6, 6.07) is 3.56. The predicted molar refractivity (Wildman–Crippen MR) is 99.6 cm³/mol. The van der Waals surface area contributed by atoms with E-state index in [1.807, 2.05) is 11.8 Å². The molecule has 3 rings (SSSR count). The molecule has 9 heteroatoms. The zero-order valence-corrected chi connectivity index (χ0v) is 16.0. The Balaban J connectivity index is 1.77. The summed E-state index contributed by atoms with van der Waals surface area (Å²) in [6.45, 7) is 2.61. The van der Waals surface area contributed by atoms with Crippen LogP contribution in [0.3, 0.4) is 0 Å². The van der Waals surface area contributed by atoms with Crippen molar-refractivity contribution in [2.75, 3.05) is 11.4 Å². The van der Waals surface area contributed by atoms with Crippen molar-refractivity contribution in [2.24, 2.45) is 0 Å². The fourth-order valence-corrected chi connectivity index (χ4v) is 3.43. The summed E-state index contributed by atoms with van der Waals surface area (Å²) in [5.74, 6) is -0.668. The first-order chi connectivity index (χ1) is 13.7. The largest absolute Gasteiger partial charge is 0.433 e. The number of carbonyl (C=O) groups excluding carboxylic acids is 1. The number of aromatic nitrogens is 2. The first-order valence-corrected chi connectivity index (χ1v) is 9.44. The predicted octanol–water partition coefficient (Wildman–Crippen LogP) is 3.87. The Bertz CT molecular complexity index is 872. The Hall–Kier alpha value is -2.71. The van der Waals surface area contributed by atoms with Crippen LogP contribution in [0.15, 0.2) is 30.6 Å². The van der Waals surface area contributed by atoms with Gasteiger partial charge in [-0.05, 0) is 43.9 Å². The highest BCUT2D eigenvalue weighted by Gasteiger charge is 2.34. The van der Waals surface area contributed by atoms with Crippen LogP contribution in [0.25, 0.3) is 0 Å². The van der Waals surface area contributed by atoms with Crippen molar-refractivity contribution in [3.8, 4) is 0 Å². The van der Waals surface area contributed by atoms with Crippen molar-refractivity contribution >= 4 is 11.7 Å². The zero-order chi connectivity index (χ0) is 21.0. The number of rotatable bonds is 5. The summed E-state index contributed by atoms with van der Waals surface area (Å²) in [5, 5.41) is 2.68. The maximum atomic E-state index is 13.2. The molecule has 0 radical (unpaired) electrons. The molecule has 156 valence electrons. The fraction of sp³-hybridized carbons (Fsp3) is 0.450. The maximum Gasteiger partial charge on any atom is 0.433 e. The van der Waals surface area contributed by atoms with Gasteiger partial charge in [0.15, 0.2) is 0 Å². The molecular weight excluding hydrogens is 388 g/mol. The molecule has 0 bridgehead atoms. The summed E-state index contributed by atoms with van der Waals surface area (Å²) in [4.78, 5) is 21.6. The van der Waals surface area contributed by atoms with Crippen molar-refractivity contribution in [2.45, 2.75) is 51.4 Å². The number of nitrogens with zero attached hydrogens (tertiary/aromatic N) is 3. The van der Waals surface area contributed by atoms with E-state index >= 15 is 0 Å². The Morgan fingerprint density at radius 3 is 2.76 bits per heavy atom. The van der Waals surface area contributed by atoms with Gasteiger partial charge in [-0.3, -0.25) is 9.78 Å². The van der Waals surface area contributed by atoms with Gasteiger partial charge in [0.2, 0.25) is 5.91 Å². The minimum absolute atomic E-state index is 0.0330. The lowest BCUT2D eigenvalue weighted by Gasteiger charge is -2.36. The monoisotopic (exact) mass is 410 g/mol. The maximum absolute atomic E-state index is 13.2. The molecule has 0 aromatic carbocycles. The van der Waals surface area contributed by atoms with Crippen molar-refractivity contribution in [3.63, 3.8) is 0 Å². The molecular formula is C20H22F4N4O. The van der Waals surface area contributed by atoms with E-state index in [0.29, 0.717) is 17.7 Å². The van der Waals surface area contributed by atoms with Crippen molar-refractivity contribution < 1.29 is 22.4 Å². The van der Waals surface area contributed by atoms with Crippen LogP contribution in [0, 0.1) is 5.82 Å². The van der Waals surface area contributed by atoms with Crippen LogP contribution in [-0.2, 0) is 23.9 Å². The number of halogens is 4. The molecule has 1 amide bonds. The molecule has 29 heavy (non-hydrogen) atoms. The topological polar surface area (TPSA) is 58.1 Å². The average molecular weight is 410 g/mol. The van der Waals surface area contributed by atoms with Gasteiger partial charge < -0.3 is 10.2 Å². The highest BCUT2D eigenvalue weighted by molar-refractivity contribution is 5.78. The van der Waals surface area contributed by atoms with Crippen LogP contribution in [0.4, 0.5) is 23.4 Å². The molecule has 1 unspecified atom stereocenters. The minimum Gasteiger partial charge on any atom is -0.354 e. The van der Waals surface area contributed by atoms with Gasteiger partial charge in [0.1, 0.15) is 17.3 Å². The molecule has 0 aliphatic carbocycles. The molecule has 0 saturated carbocycles. The van der Waals surface area contributed by atoms with E-state index in [0.717, 1.165) is 31.5 Å². The minimum atomic E-state index is -4.54. The SMILES string of the molecule is CC1CCCCN1c1nc(C(F)(F)F)ccc1CNC(=O)Cc1cncc(F)c1. The first-order valence-electron chi connectivity index (χ1n) is 9.44. The molecule has 3 heterocycles. The number of hydrogen-bond donors (Lipinski definition) is 1. The van der Waals surface area contributed by atoms with Gasteiger partial charge in [0.05, 0.1) is 12.6 Å². The fourth-order valence-electron chi connectivity index (χ4n) is 3.43. The van der Waals surface area contributed by atoms with E-state index in [9.17, 15) is 22.4 Å². The molecule has 0 spiro atoms. The molecule has 1 aliphatic rings. The molecule has 1 N–H and O–H groups in total. The van der Waals surface area contributed by atoms with E-state index in [2.05, 4.69) is 15.3 Å². The van der Waals surface area contributed by atoms with Crippen LogP contribution in [-0.4, -0.2) is 28.5 Å². The second kappa shape index (κ2) is 8.75. The van der Waals surface area contributed by atoms with Crippen LogP contribution in [0.2, 0.25) is 0 Å². The van der Waals surface area contributed by atoms with Gasteiger partial charge >= 0.3 is 6.18 Å². The third-order valence-electron chi connectivity index (χ3n) is 4.92. The van der Waals surface area contributed by atoms with Crippen LogP contribution in [0.1, 0.15) is 43.0 Å². The Morgan fingerprint density at radius 1 is 1.28 bits per heavy atom. The molecule has 2 aromatic heterocycles. The quantitative estimate of drug-likeness (QED) is 0.761. The van der Waals surface area contributed by atoms with E-state index < -0.39 is 17.7 Å². The van der Waals surface area contributed by atoms with Crippen LogP contribution in [0.5, 0.6) is 0 Å². The number of piperidine rings is 1. The number of alkyl halides is 3. The second-order valence-corrected chi connectivity index (χ2v) is 7.18. The van der Waals surface area contributed by atoms with Gasteiger partial charge in [0, 0.05) is 30.9 Å². The molecule has 5 nitrogen and oxygen atoms in total. The number of anilines is 1. The number of pyridine rings is 2. The first kappa shape index (κ1) is 21.0. The van der Waals surface area contributed by atoms with Crippen molar-refractivity contribution in [1.29, 1.82) is 0 Å². The third kappa shape index (κ3) is 5.42. The number of carbonyl (C=O) groups is 1. The van der Waals surface area contributed by atoms with E-state index in [1.165, 1.54) is 18.3 Å². The Kier molecular flexibility index (Phi) is 6.34. The second-order valence-electron chi connectivity index (χ2n) is 7.18. The van der Waals surface area contributed by atoms with E-state index in [-0.39, 0.29) is 30.7 Å². The van der Waals surface area contributed by atoms with Gasteiger partial charge in [-0.2, -0.15) is 13.2 Å². The van der Waals surface area contributed by atoms with Gasteiger partial charge in [-0.15, -0.1) is 0 Å². The van der Waals surface area contributed by atoms with Crippen LogP contribution >= 0.6 is 0 Å². The molecule has 2 aromatic rings. The molecule has 1 fully saturated rings. The number of nitrogens with one attached hydrogen (secondary N) is 1. The standard InChI is InChI=1S/C20H22F4N4O/c1-13-4-2-3-7-28(13)19-15(5-6-17(27-19)20(22,23)24)11-26-18(29)9-14-8-16(21)12-25-10-14/h5-6,8,10,12-13H,2-4,7,9,11H2,1H3,(H,26,29). The van der Waals surface area contributed by atoms with Gasteiger partial charge in [-0.1, -0.05) is 6.07 Å². The highest BCUT2D eigenvalue weighted by atomic mass is 19.4. The number of amides is 1. The zero-order valence-electron chi connectivity index (χ0n) is 16.0. The van der Waals surface area contributed by atoms with Crippen LogP contribution < -0.4 is 10.2 Å². The molecule has 1 aliphatic heterocycles. The molecule has 1 saturated heterocycles. The van der Waals surface area contributed by atoms with E-state index in [1.54, 1.807) is 0 Å². The highest BCUT2D eigenvalue weighted by Crippen LogP contribution is 2.32. The lowest BCUT2D eigenvalue weighted by Crippen LogP contribution is -2.39. The van der Waals surface area contributed by atoms with Crippen molar-refractivity contribution in [3.05, 3.63) is 53.2 Å². The third-order valence-corrected chi connectivity index (χ3v) is 4.92. The van der Waals surface area contributed by atoms with E-state index in [4.69, 9.17) is 0 Å². The van der Waals surface area contributed by atoms with Gasteiger partial charge in [-0.25, -0.2) is 9.37 Å². The normalized spacial score (nSPS) is 17.3. The summed E-state index contributed by atoms with van der Waals surface area (Å²) in [6.07, 6.45) is 0.583. The lowest BCUT2D eigenvalue weighted by atomic mass is 10.0. The Labute approximate surface area is 166 Å². The summed E-state index contributed by atoms with van der Waals surface area (Å²) < 4.78 is 52.7. The summed E-state index contributed by atoms with van der Waals surface area (Å²) in [5.41, 5.74) is -0.0263. The smallest absolute Gasteiger partial charge is 0.354 e. The van der Waals surface area contributed by atoms with Crippen molar-refractivity contribution in [1.82, 2.24) is 15.3 Å². The number of hydrogen-bond acceptors (Lipinski definition) is 4. The lowest BCUT2D eigenvalue weighted by molar-refractivity contribution is -0.141.